The second-order valence-electron chi connectivity index (χ2n) is 3.43. The largest absolute Gasteiger partial charge is 0.299 e. The molecule has 1 atom stereocenters. The molecule has 2 nitrogen and oxygen atoms in total. The van der Waals surface area contributed by atoms with E-state index in [1.807, 2.05) is 0 Å². The van der Waals surface area contributed by atoms with E-state index in [2.05, 4.69) is 42.5 Å². The summed E-state index contributed by atoms with van der Waals surface area (Å²) in [6.07, 6.45) is 1.62. The van der Waals surface area contributed by atoms with Crippen LogP contribution in [0.1, 0.15) is 30.7 Å². The van der Waals surface area contributed by atoms with Gasteiger partial charge in [-0.15, -0.1) is 11.3 Å². The van der Waals surface area contributed by atoms with Crippen molar-refractivity contribution >= 4 is 11.3 Å². The van der Waals surface area contributed by atoms with Crippen molar-refractivity contribution in [2.75, 3.05) is 13.6 Å². The Hall–Kier alpha value is -0.850. The predicted molar refractivity (Wildman–Crippen MR) is 60.2 cm³/mol. The second kappa shape index (κ2) is 5.79. The number of thiophene rings is 1. The van der Waals surface area contributed by atoms with Crippen molar-refractivity contribution in [3.05, 3.63) is 22.4 Å². The molecule has 0 aliphatic heterocycles. The molecular formula is C11H16N2S. The Bertz CT molecular complexity index is 287. The Kier molecular flexibility index (Phi) is 4.64. The Labute approximate surface area is 89.8 Å². The van der Waals surface area contributed by atoms with E-state index in [4.69, 9.17) is 5.26 Å². The number of nitrogens with zero attached hydrogens (tertiary/aromatic N) is 2. The first-order valence-electron chi connectivity index (χ1n) is 4.86. The van der Waals surface area contributed by atoms with Crippen LogP contribution in [-0.4, -0.2) is 18.5 Å². The van der Waals surface area contributed by atoms with Crippen LogP contribution in [0.2, 0.25) is 0 Å². The quantitative estimate of drug-likeness (QED) is 0.695. The minimum Gasteiger partial charge on any atom is -0.299 e. The summed E-state index contributed by atoms with van der Waals surface area (Å²) in [5.74, 6) is 0. The van der Waals surface area contributed by atoms with Crippen molar-refractivity contribution in [1.29, 1.82) is 5.26 Å². The van der Waals surface area contributed by atoms with E-state index in [0.29, 0.717) is 12.5 Å². The van der Waals surface area contributed by atoms with Gasteiger partial charge in [-0.2, -0.15) is 5.26 Å². The molecule has 0 saturated carbocycles. The predicted octanol–water partition coefficient (Wildman–Crippen LogP) is 3.04. The fourth-order valence-corrected chi connectivity index (χ4v) is 2.20. The summed E-state index contributed by atoms with van der Waals surface area (Å²) >= 11 is 1.79. The molecule has 0 N–H and O–H groups in total. The molecule has 1 heterocycles. The average molecular weight is 208 g/mol. The summed E-state index contributed by atoms with van der Waals surface area (Å²) in [5, 5.41) is 10.5. The lowest BCUT2D eigenvalue weighted by molar-refractivity contribution is 0.263. The zero-order valence-corrected chi connectivity index (χ0v) is 9.55. The first-order chi connectivity index (χ1) is 6.75. The van der Waals surface area contributed by atoms with Gasteiger partial charge in [-0.3, -0.25) is 4.90 Å². The lowest BCUT2D eigenvalue weighted by atomic mass is 10.2. The third kappa shape index (κ3) is 3.13. The highest BCUT2D eigenvalue weighted by Crippen LogP contribution is 2.23. The average Bonchev–Trinajstić information content (AvgIpc) is 2.69. The van der Waals surface area contributed by atoms with Crippen LogP contribution in [-0.2, 0) is 0 Å². The zero-order valence-electron chi connectivity index (χ0n) is 8.73. The lowest BCUT2D eigenvalue weighted by Crippen LogP contribution is -2.22. The van der Waals surface area contributed by atoms with E-state index in [1.165, 1.54) is 4.88 Å². The number of nitriles is 1. The molecular weight excluding hydrogens is 192 g/mol. The van der Waals surface area contributed by atoms with Crippen LogP contribution in [0.25, 0.3) is 0 Å². The molecule has 0 radical (unpaired) electrons. The first-order valence-corrected chi connectivity index (χ1v) is 5.74. The van der Waals surface area contributed by atoms with Gasteiger partial charge in [0.25, 0.3) is 0 Å². The summed E-state index contributed by atoms with van der Waals surface area (Å²) in [4.78, 5) is 3.69. The number of hydrogen-bond donors (Lipinski definition) is 0. The van der Waals surface area contributed by atoms with Crippen LogP contribution in [0.15, 0.2) is 17.5 Å². The van der Waals surface area contributed by atoms with Crippen LogP contribution >= 0.6 is 11.3 Å². The van der Waals surface area contributed by atoms with E-state index in [-0.39, 0.29) is 0 Å². The van der Waals surface area contributed by atoms with Crippen LogP contribution in [0.3, 0.4) is 0 Å². The number of hydrogen-bond acceptors (Lipinski definition) is 3. The molecule has 0 aromatic carbocycles. The van der Waals surface area contributed by atoms with Crippen LogP contribution in [0.5, 0.6) is 0 Å². The van der Waals surface area contributed by atoms with Crippen LogP contribution in [0, 0.1) is 11.3 Å². The van der Waals surface area contributed by atoms with Crippen molar-refractivity contribution in [1.82, 2.24) is 4.90 Å². The van der Waals surface area contributed by atoms with Gasteiger partial charge in [0.15, 0.2) is 0 Å². The molecule has 0 spiro atoms. The second-order valence-corrected chi connectivity index (χ2v) is 4.41. The minimum absolute atomic E-state index is 0.466. The standard InChI is InChI=1S/C11H16N2S/c1-10(11-6-5-9-14-11)13(2)8-4-3-7-12/h5-6,9-10H,3-4,8H2,1-2H3. The smallest absolute Gasteiger partial charge is 0.0622 e. The fourth-order valence-electron chi connectivity index (χ4n) is 1.35. The normalized spacial score (nSPS) is 12.7. The van der Waals surface area contributed by atoms with E-state index in [9.17, 15) is 0 Å². The molecule has 3 heteroatoms. The Morgan fingerprint density at radius 2 is 2.43 bits per heavy atom. The molecule has 1 aromatic heterocycles. The van der Waals surface area contributed by atoms with Gasteiger partial charge in [-0.05, 0) is 38.4 Å². The van der Waals surface area contributed by atoms with Gasteiger partial charge in [0.1, 0.15) is 0 Å². The maximum atomic E-state index is 8.44. The molecule has 0 aliphatic rings. The molecule has 1 unspecified atom stereocenters. The van der Waals surface area contributed by atoms with Crippen molar-refractivity contribution in [3.63, 3.8) is 0 Å². The summed E-state index contributed by atoms with van der Waals surface area (Å²) in [6.45, 7) is 3.20. The third-order valence-electron chi connectivity index (χ3n) is 2.42. The Morgan fingerprint density at radius 1 is 1.64 bits per heavy atom. The Balaban J connectivity index is 2.38. The lowest BCUT2D eigenvalue weighted by Gasteiger charge is -2.23. The van der Waals surface area contributed by atoms with Gasteiger partial charge in [0.2, 0.25) is 0 Å². The SMILES string of the molecule is CC(c1cccs1)N(C)CCCC#N. The molecule has 76 valence electrons. The van der Waals surface area contributed by atoms with Crippen LogP contribution in [0.4, 0.5) is 0 Å². The molecule has 0 aliphatic carbocycles. The van der Waals surface area contributed by atoms with E-state index in [1.54, 1.807) is 11.3 Å². The van der Waals surface area contributed by atoms with Crippen molar-refractivity contribution in [2.45, 2.75) is 25.8 Å². The zero-order chi connectivity index (χ0) is 10.4. The molecule has 14 heavy (non-hydrogen) atoms. The maximum Gasteiger partial charge on any atom is 0.0622 e. The topological polar surface area (TPSA) is 27.0 Å². The highest BCUT2D eigenvalue weighted by Gasteiger charge is 2.11. The van der Waals surface area contributed by atoms with Crippen molar-refractivity contribution in [3.8, 4) is 6.07 Å². The molecule has 1 rings (SSSR count). The summed E-state index contributed by atoms with van der Waals surface area (Å²) in [6, 6.07) is 6.88. The highest BCUT2D eigenvalue weighted by molar-refractivity contribution is 7.10. The number of unbranched alkanes of at least 4 members (excludes halogenated alkanes) is 1. The van der Waals surface area contributed by atoms with Gasteiger partial charge < -0.3 is 0 Å². The fraction of sp³-hybridized carbons (Fsp3) is 0.545. The van der Waals surface area contributed by atoms with Crippen molar-refractivity contribution < 1.29 is 0 Å². The van der Waals surface area contributed by atoms with Crippen molar-refractivity contribution in [2.24, 2.45) is 0 Å². The van der Waals surface area contributed by atoms with Gasteiger partial charge in [0.05, 0.1) is 6.07 Å². The van der Waals surface area contributed by atoms with Crippen LogP contribution < -0.4 is 0 Å². The van der Waals surface area contributed by atoms with Gasteiger partial charge in [-0.25, -0.2) is 0 Å². The summed E-state index contributed by atoms with van der Waals surface area (Å²) in [7, 11) is 2.11. The minimum atomic E-state index is 0.466. The van der Waals surface area contributed by atoms with E-state index < -0.39 is 0 Å². The molecule has 0 saturated heterocycles. The monoisotopic (exact) mass is 208 g/mol. The highest BCUT2D eigenvalue weighted by atomic mass is 32.1. The summed E-state index contributed by atoms with van der Waals surface area (Å²) < 4.78 is 0. The van der Waals surface area contributed by atoms with E-state index in [0.717, 1.165) is 13.0 Å². The maximum absolute atomic E-state index is 8.44. The third-order valence-corrected chi connectivity index (χ3v) is 3.46. The van der Waals surface area contributed by atoms with Gasteiger partial charge >= 0.3 is 0 Å². The van der Waals surface area contributed by atoms with Gasteiger partial charge in [-0.1, -0.05) is 6.07 Å². The molecule has 1 aromatic rings. The molecule has 0 amide bonds. The van der Waals surface area contributed by atoms with E-state index >= 15 is 0 Å². The van der Waals surface area contributed by atoms with Gasteiger partial charge in [0, 0.05) is 17.3 Å². The summed E-state index contributed by atoms with van der Waals surface area (Å²) in [5.41, 5.74) is 0. The Morgan fingerprint density at radius 3 is 3.00 bits per heavy atom. The molecule has 0 fully saturated rings. The first kappa shape index (κ1) is 11.2. The molecule has 0 bridgehead atoms. The number of rotatable bonds is 5.